The number of nitrogens with zero attached hydrogens (tertiary/aromatic N) is 2. The van der Waals surface area contributed by atoms with Crippen LogP contribution in [-0.4, -0.2) is 83.1 Å². The molecule has 2 aliphatic heterocycles. The number of piperidine rings is 1. The number of hydrogen-bond acceptors (Lipinski definition) is 6. The molecule has 3 rings (SSSR count). The van der Waals surface area contributed by atoms with E-state index in [1.54, 1.807) is 24.3 Å². The quantitative estimate of drug-likeness (QED) is 0.624. The van der Waals surface area contributed by atoms with Crippen molar-refractivity contribution in [1.29, 1.82) is 0 Å². The minimum Gasteiger partial charge on any atom is -0.497 e. The summed E-state index contributed by atoms with van der Waals surface area (Å²) in [6, 6.07) is 6.36. The number of rotatable bonds is 8. The van der Waals surface area contributed by atoms with Crippen molar-refractivity contribution in [3.05, 3.63) is 24.3 Å². The molecule has 0 spiro atoms. The Hall–Kier alpha value is -1.68. The first kappa shape index (κ1) is 22.0. The Bertz CT molecular complexity index is 763. The molecule has 2 saturated heterocycles. The predicted molar refractivity (Wildman–Crippen MR) is 109 cm³/mol. The van der Waals surface area contributed by atoms with E-state index in [1.165, 1.54) is 11.4 Å². The summed E-state index contributed by atoms with van der Waals surface area (Å²) in [5.41, 5.74) is 0. The van der Waals surface area contributed by atoms with Gasteiger partial charge in [0.2, 0.25) is 15.9 Å². The van der Waals surface area contributed by atoms with Crippen molar-refractivity contribution in [3.8, 4) is 5.75 Å². The third kappa shape index (κ3) is 5.91. The van der Waals surface area contributed by atoms with Crippen molar-refractivity contribution in [2.24, 2.45) is 5.92 Å². The summed E-state index contributed by atoms with van der Waals surface area (Å²) in [5, 5.41) is 2.98. The highest BCUT2D eigenvalue weighted by molar-refractivity contribution is 7.89. The van der Waals surface area contributed by atoms with Gasteiger partial charge in [-0.25, -0.2) is 8.42 Å². The van der Waals surface area contributed by atoms with Crippen LogP contribution in [-0.2, 0) is 19.6 Å². The summed E-state index contributed by atoms with van der Waals surface area (Å²) in [6.07, 6.45) is 2.28. The molecule has 9 heteroatoms. The van der Waals surface area contributed by atoms with Crippen molar-refractivity contribution < 1.29 is 22.7 Å². The molecule has 1 aromatic rings. The molecule has 2 heterocycles. The van der Waals surface area contributed by atoms with Crippen molar-refractivity contribution in [2.75, 3.05) is 59.6 Å². The molecule has 0 unspecified atom stereocenters. The molecule has 1 amide bonds. The molecule has 2 fully saturated rings. The summed E-state index contributed by atoms with van der Waals surface area (Å²) in [7, 11) is -2.07. The first-order chi connectivity index (χ1) is 14.0. The van der Waals surface area contributed by atoms with Crippen LogP contribution in [0.25, 0.3) is 0 Å². The standard InChI is InChI=1S/C20H31N3O5S/c1-27-18-5-7-19(8-6-18)29(25,26)23-11-2-4-17(16-23)20(24)21-9-3-10-22-12-14-28-15-13-22/h5-8,17H,2-4,9-16H2,1H3,(H,21,24)/t17-/m0/s1. The molecule has 0 saturated carbocycles. The monoisotopic (exact) mass is 425 g/mol. The van der Waals surface area contributed by atoms with Crippen molar-refractivity contribution >= 4 is 15.9 Å². The predicted octanol–water partition coefficient (Wildman–Crippen LogP) is 0.934. The van der Waals surface area contributed by atoms with Crippen LogP contribution in [0.4, 0.5) is 0 Å². The summed E-state index contributed by atoms with van der Waals surface area (Å²) in [5.74, 6) is 0.249. The zero-order valence-electron chi connectivity index (χ0n) is 17.0. The fourth-order valence-corrected chi connectivity index (χ4v) is 5.28. The van der Waals surface area contributed by atoms with Gasteiger partial charge in [0.15, 0.2) is 0 Å². The van der Waals surface area contributed by atoms with Gasteiger partial charge < -0.3 is 14.8 Å². The van der Waals surface area contributed by atoms with Crippen LogP contribution in [0, 0.1) is 5.92 Å². The van der Waals surface area contributed by atoms with E-state index in [9.17, 15) is 13.2 Å². The second-order valence-electron chi connectivity index (χ2n) is 7.48. The Kier molecular flexibility index (Phi) is 7.88. The van der Waals surface area contributed by atoms with E-state index in [0.717, 1.165) is 39.3 Å². The van der Waals surface area contributed by atoms with Crippen molar-refractivity contribution in [3.63, 3.8) is 0 Å². The SMILES string of the molecule is COc1ccc(S(=O)(=O)N2CCC[C@H](C(=O)NCCCN3CCOCC3)C2)cc1. The average molecular weight is 426 g/mol. The van der Waals surface area contributed by atoms with E-state index in [-0.39, 0.29) is 23.3 Å². The lowest BCUT2D eigenvalue weighted by Crippen LogP contribution is -2.45. The highest BCUT2D eigenvalue weighted by atomic mass is 32.2. The van der Waals surface area contributed by atoms with Gasteiger partial charge in [0.1, 0.15) is 5.75 Å². The van der Waals surface area contributed by atoms with Gasteiger partial charge in [0.25, 0.3) is 0 Å². The molecular formula is C20H31N3O5S. The van der Waals surface area contributed by atoms with Gasteiger partial charge >= 0.3 is 0 Å². The molecule has 1 atom stereocenters. The molecule has 8 nitrogen and oxygen atoms in total. The zero-order valence-corrected chi connectivity index (χ0v) is 17.8. The van der Waals surface area contributed by atoms with Crippen LogP contribution in [0.2, 0.25) is 0 Å². The number of amides is 1. The number of sulfonamides is 1. The normalized spacial score (nSPS) is 21.6. The maximum atomic E-state index is 12.9. The van der Waals surface area contributed by atoms with Gasteiger partial charge in [0, 0.05) is 32.7 Å². The van der Waals surface area contributed by atoms with E-state index in [4.69, 9.17) is 9.47 Å². The molecule has 0 aliphatic carbocycles. The van der Waals surface area contributed by atoms with Gasteiger partial charge in [-0.15, -0.1) is 0 Å². The molecule has 2 aliphatic rings. The molecule has 1 N–H and O–H groups in total. The molecular weight excluding hydrogens is 394 g/mol. The maximum absolute atomic E-state index is 12.9. The van der Waals surface area contributed by atoms with Gasteiger partial charge in [-0.05, 0) is 50.1 Å². The lowest BCUT2D eigenvalue weighted by molar-refractivity contribution is -0.126. The average Bonchev–Trinajstić information content (AvgIpc) is 2.77. The van der Waals surface area contributed by atoms with Crippen molar-refractivity contribution in [1.82, 2.24) is 14.5 Å². The lowest BCUT2D eigenvalue weighted by Gasteiger charge is -2.31. The Balaban J connectivity index is 1.49. The molecule has 29 heavy (non-hydrogen) atoms. The Morgan fingerprint density at radius 1 is 1.21 bits per heavy atom. The minimum atomic E-state index is -3.61. The topological polar surface area (TPSA) is 88.2 Å². The van der Waals surface area contributed by atoms with Gasteiger partial charge in [-0.1, -0.05) is 0 Å². The number of ether oxygens (including phenoxy) is 2. The van der Waals surface area contributed by atoms with E-state index >= 15 is 0 Å². The number of carbonyl (C=O) groups excluding carboxylic acids is 1. The third-order valence-corrected chi connectivity index (χ3v) is 7.39. The van der Waals surface area contributed by atoms with Gasteiger partial charge in [0.05, 0.1) is 31.1 Å². The fraction of sp³-hybridized carbons (Fsp3) is 0.650. The number of nitrogens with one attached hydrogen (secondary N) is 1. The van der Waals surface area contributed by atoms with E-state index < -0.39 is 10.0 Å². The van der Waals surface area contributed by atoms with Gasteiger partial charge in [-0.3, -0.25) is 9.69 Å². The number of benzene rings is 1. The Morgan fingerprint density at radius 2 is 1.93 bits per heavy atom. The number of carbonyl (C=O) groups is 1. The number of hydrogen-bond donors (Lipinski definition) is 1. The van der Waals surface area contributed by atoms with E-state index in [1.807, 2.05) is 0 Å². The van der Waals surface area contributed by atoms with Crippen molar-refractivity contribution in [2.45, 2.75) is 24.2 Å². The highest BCUT2D eigenvalue weighted by Crippen LogP contribution is 2.25. The Morgan fingerprint density at radius 3 is 2.62 bits per heavy atom. The van der Waals surface area contributed by atoms with E-state index in [0.29, 0.717) is 31.7 Å². The Labute approximate surface area is 173 Å². The third-order valence-electron chi connectivity index (χ3n) is 5.51. The summed E-state index contributed by atoms with van der Waals surface area (Å²) < 4.78 is 37.7. The van der Waals surface area contributed by atoms with Crippen LogP contribution >= 0.6 is 0 Å². The van der Waals surface area contributed by atoms with Crippen LogP contribution in [0.5, 0.6) is 5.75 Å². The lowest BCUT2D eigenvalue weighted by atomic mass is 9.99. The summed E-state index contributed by atoms with van der Waals surface area (Å²) in [6.45, 7) is 5.63. The first-order valence-electron chi connectivity index (χ1n) is 10.2. The number of methoxy groups -OCH3 is 1. The second kappa shape index (κ2) is 10.4. The summed E-state index contributed by atoms with van der Waals surface area (Å²) >= 11 is 0. The molecule has 162 valence electrons. The zero-order chi connectivity index (χ0) is 20.7. The van der Waals surface area contributed by atoms with Gasteiger partial charge in [-0.2, -0.15) is 4.31 Å². The maximum Gasteiger partial charge on any atom is 0.243 e. The number of morpholine rings is 1. The first-order valence-corrected chi connectivity index (χ1v) is 11.7. The molecule has 0 bridgehead atoms. The van der Waals surface area contributed by atoms with E-state index in [2.05, 4.69) is 10.2 Å². The minimum absolute atomic E-state index is 0.0541. The smallest absolute Gasteiger partial charge is 0.243 e. The second-order valence-corrected chi connectivity index (χ2v) is 9.41. The summed E-state index contributed by atoms with van der Waals surface area (Å²) in [4.78, 5) is 15.1. The van der Waals surface area contributed by atoms with Crippen LogP contribution in [0.1, 0.15) is 19.3 Å². The highest BCUT2D eigenvalue weighted by Gasteiger charge is 2.33. The molecule has 1 aromatic carbocycles. The molecule has 0 radical (unpaired) electrons. The van der Waals surface area contributed by atoms with Crippen LogP contribution < -0.4 is 10.1 Å². The van der Waals surface area contributed by atoms with Crippen LogP contribution in [0.15, 0.2) is 29.2 Å². The fourth-order valence-electron chi connectivity index (χ4n) is 3.75. The van der Waals surface area contributed by atoms with Crippen LogP contribution in [0.3, 0.4) is 0 Å². The largest absolute Gasteiger partial charge is 0.497 e. The molecule has 0 aromatic heterocycles.